The molecular weight excluding hydrogens is 184 g/mol. The normalized spacial score (nSPS) is 14.5. The van der Waals surface area contributed by atoms with Gasteiger partial charge in [-0.2, -0.15) is 0 Å². The molecule has 0 aromatic heterocycles. The first-order valence-corrected chi connectivity index (χ1v) is 5.46. The summed E-state index contributed by atoms with van der Waals surface area (Å²) in [4.78, 5) is 0. The fourth-order valence-corrected chi connectivity index (χ4v) is 1.73. The molecule has 1 heterocycles. The van der Waals surface area contributed by atoms with E-state index in [2.05, 4.69) is 42.5 Å². The van der Waals surface area contributed by atoms with Crippen molar-refractivity contribution < 1.29 is 4.74 Å². The molecule has 1 aliphatic heterocycles. The van der Waals surface area contributed by atoms with Gasteiger partial charge in [0.25, 0.3) is 0 Å². The second-order valence-corrected chi connectivity index (χ2v) is 3.77. The summed E-state index contributed by atoms with van der Waals surface area (Å²) in [5.74, 6) is 0. The van der Waals surface area contributed by atoms with Gasteiger partial charge < -0.3 is 4.74 Å². The van der Waals surface area contributed by atoms with Gasteiger partial charge in [-0.25, -0.2) is 0 Å². The summed E-state index contributed by atoms with van der Waals surface area (Å²) in [5.41, 5.74) is 2.72. The molecule has 0 radical (unpaired) electrons. The Balaban J connectivity index is 1.75. The first-order chi connectivity index (χ1) is 7.45. The summed E-state index contributed by atoms with van der Waals surface area (Å²) in [6.07, 6.45) is 9.54. The molecule has 1 aromatic rings. The minimum atomic E-state index is 0.724. The van der Waals surface area contributed by atoms with Gasteiger partial charge in [-0.15, -0.1) is 0 Å². The Morgan fingerprint density at radius 1 is 1.07 bits per heavy atom. The van der Waals surface area contributed by atoms with Crippen LogP contribution in [0, 0.1) is 0 Å². The van der Waals surface area contributed by atoms with Gasteiger partial charge in [-0.3, -0.25) is 0 Å². The summed E-state index contributed by atoms with van der Waals surface area (Å²) in [6.45, 7) is 0.724. The maximum absolute atomic E-state index is 5.24. The molecule has 78 valence electrons. The number of hydrogen-bond donors (Lipinski definition) is 0. The van der Waals surface area contributed by atoms with E-state index < -0.39 is 0 Å². The molecule has 0 saturated carbocycles. The number of benzene rings is 1. The van der Waals surface area contributed by atoms with E-state index in [1.165, 1.54) is 17.6 Å². The first-order valence-electron chi connectivity index (χ1n) is 5.46. The van der Waals surface area contributed by atoms with E-state index in [9.17, 15) is 0 Å². The second kappa shape index (κ2) is 5.40. The van der Waals surface area contributed by atoms with E-state index in [1.54, 1.807) is 0 Å². The van der Waals surface area contributed by atoms with E-state index in [0.717, 1.165) is 19.4 Å². The van der Waals surface area contributed by atoms with Crippen LogP contribution in [-0.2, 0) is 11.2 Å². The van der Waals surface area contributed by atoms with Gasteiger partial charge in [-0.1, -0.05) is 36.4 Å². The molecule has 0 spiro atoms. The van der Waals surface area contributed by atoms with Crippen LogP contribution in [0.25, 0.3) is 0 Å². The zero-order valence-corrected chi connectivity index (χ0v) is 8.86. The third-order valence-electron chi connectivity index (χ3n) is 2.53. The number of aryl methyl sites for hydroxylation is 1. The van der Waals surface area contributed by atoms with Crippen LogP contribution >= 0.6 is 0 Å². The van der Waals surface area contributed by atoms with Crippen LogP contribution in [0.15, 0.2) is 54.3 Å². The zero-order valence-electron chi connectivity index (χ0n) is 8.86. The highest BCUT2D eigenvalue weighted by Crippen LogP contribution is 2.13. The van der Waals surface area contributed by atoms with Gasteiger partial charge in [0.15, 0.2) is 0 Å². The number of rotatable bonds is 4. The van der Waals surface area contributed by atoms with Gasteiger partial charge in [-0.05, 0) is 36.5 Å². The molecule has 0 unspecified atom stereocenters. The molecule has 1 heteroatoms. The van der Waals surface area contributed by atoms with Crippen LogP contribution in [0.4, 0.5) is 0 Å². The minimum absolute atomic E-state index is 0.724. The summed E-state index contributed by atoms with van der Waals surface area (Å²) in [6, 6.07) is 10.6. The third-order valence-corrected chi connectivity index (χ3v) is 2.53. The summed E-state index contributed by atoms with van der Waals surface area (Å²) in [5, 5.41) is 0. The minimum Gasteiger partial charge on any atom is -0.497 e. The van der Waals surface area contributed by atoms with Gasteiger partial charge in [0, 0.05) is 0 Å². The molecular formula is C14H16O. The van der Waals surface area contributed by atoms with E-state index in [-0.39, 0.29) is 0 Å². The van der Waals surface area contributed by atoms with Crippen molar-refractivity contribution in [3.63, 3.8) is 0 Å². The predicted octanol–water partition coefficient (Wildman–Crippen LogP) is 3.48. The van der Waals surface area contributed by atoms with Gasteiger partial charge in [0.2, 0.25) is 0 Å². The largest absolute Gasteiger partial charge is 0.497 e. The molecule has 2 rings (SSSR count). The Kier molecular flexibility index (Phi) is 3.61. The summed E-state index contributed by atoms with van der Waals surface area (Å²) < 4.78 is 5.24. The molecule has 0 aliphatic carbocycles. The van der Waals surface area contributed by atoms with Crippen molar-refractivity contribution in [2.75, 3.05) is 6.61 Å². The highest BCUT2D eigenvalue weighted by Gasteiger charge is 1.98. The smallest absolute Gasteiger partial charge is 0.106 e. The Morgan fingerprint density at radius 2 is 1.93 bits per heavy atom. The zero-order chi connectivity index (χ0) is 10.3. The maximum atomic E-state index is 5.24. The fraction of sp³-hybridized carbons (Fsp3) is 0.286. The van der Waals surface area contributed by atoms with Gasteiger partial charge in [0.05, 0.1) is 6.26 Å². The summed E-state index contributed by atoms with van der Waals surface area (Å²) in [7, 11) is 0. The van der Waals surface area contributed by atoms with Crippen molar-refractivity contribution in [2.45, 2.75) is 19.3 Å². The SMILES string of the molecule is C1=CC(CCCc2ccccc2)=COC1. The topological polar surface area (TPSA) is 9.23 Å². The van der Waals surface area contributed by atoms with Crippen molar-refractivity contribution in [3.8, 4) is 0 Å². The lowest BCUT2D eigenvalue weighted by Crippen LogP contribution is -1.93. The molecule has 0 fully saturated rings. The van der Waals surface area contributed by atoms with Crippen molar-refractivity contribution in [1.29, 1.82) is 0 Å². The molecule has 0 amide bonds. The lowest BCUT2D eigenvalue weighted by atomic mass is 10.0. The number of hydrogen-bond acceptors (Lipinski definition) is 1. The Morgan fingerprint density at radius 3 is 2.67 bits per heavy atom. The van der Waals surface area contributed by atoms with Gasteiger partial charge >= 0.3 is 0 Å². The molecule has 0 N–H and O–H groups in total. The van der Waals surface area contributed by atoms with Crippen LogP contribution in [0.1, 0.15) is 18.4 Å². The molecule has 1 aromatic carbocycles. The Bertz CT molecular complexity index is 349. The van der Waals surface area contributed by atoms with Crippen molar-refractivity contribution in [3.05, 3.63) is 59.9 Å². The molecule has 1 aliphatic rings. The number of allylic oxidation sites excluding steroid dienone is 2. The molecule has 15 heavy (non-hydrogen) atoms. The number of ether oxygens (including phenoxy) is 1. The maximum Gasteiger partial charge on any atom is 0.106 e. The lowest BCUT2D eigenvalue weighted by molar-refractivity contribution is 0.281. The van der Waals surface area contributed by atoms with Crippen molar-refractivity contribution >= 4 is 0 Å². The monoisotopic (exact) mass is 200 g/mol. The third kappa shape index (κ3) is 3.28. The van der Waals surface area contributed by atoms with Gasteiger partial charge in [0.1, 0.15) is 6.61 Å². The second-order valence-electron chi connectivity index (χ2n) is 3.77. The quantitative estimate of drug-likeness (QED) is 0.723. The average molecular weight is 200 g/mol. The van der Waals surface area contributed by atoms with Crippen LogP contribution in [0.5, 0.6) is 0 Å². The van der Waals surface area contributed by atoms with E-state index >= 15 is 0 Å². The molecule has 0 bridgehead atoms. The van der Waals surface area contributed by atoms with E-state index in [1.807, 2.05) is 6.26 Å². The van der Waals surface area contributed by atoms with E-state index in [4.69, 9.17) is 4.74 Å². The highest BCUT2D eigenvalue weighted by atomic mass is 16.5. The van der Waals surface area contributed by atoms with Crippen LogP contribution in [0.2, 0.25) is 0 Å². The van der Waals surface area contributed by atoms with E-state index in [0.29, 0.717) is 0 Å². The molecule has 0 atom stereocenters. The lowest BCUT2D eigenvalue weighted by Gasteiger charge is -2.07. The van der Waals surface area contributed by atoms with Crippen LogP contribution in [-0.4, -0.2) is 6.61 Å². The predicted molar refractivity (Wildman–Crippen MR) is 62.6 cm³/mol. The van der Waals surface area contributed by atoms with Crippen molar-refractivity contribution in [1.82, 2.24) is 0 Å². The Labute approximate surface area is 91.1 Å². The van der Waals surface area contributed by atoms with Crippen molar-refractivity contribution in [2.24, 2.45) is 0 Å². The highest BCUT2D eigenvalue weighted by molar-refractivity contribution is 5.20. The molecule has 0 saturated heterocycles. The Hall–Kier alpha value is -1.50. The molecule has 1 nitrogen and oxygen atoms in total. The van der Waals surface area contributed by atoms with Crippen LogP contribution in [0.3, 0.4) is 0 Å². The summed E-state index contributed by atoms with van der Waals surface area (Å²) >= 11 is 0. The average Bonchev–Trinajstić information content (AvgIpc) is 2.32. The van der Waals surface area contributed by atoms with Crippen LogP contribution < -0.4 is 0 Å². The standard InChI is InChI=1S/C14H16O/c1-2-6-13(7-3-1)8-4-9-14-10-5-11-15-12-14/h1-3,5-7,10,12H,4,8-9,11H2. The fourth-order valence-electron chi connectivity index (χ4n) is 1.73. The first kappa shape index (κ1) is 10.0.